The van der Waals surface area contributed by atoms with Crippen molar-refractivity contribution in [2.24, 2.45) is 5.41 Å². The van der Waals surface area contributed by atoms with Crippen molar-refractivity contribution in [1.82, 2.24) is 5.32 Å². The summed E-state index contributed by atoms with van der Waals surface area (Å²) >= 11 is 0. The molecule has 1 fully saturated rings. The second-order valence-corrected chi connectivity index (χ2v) is 6.19. The van der Waals surface area contributed by atoms with E-state index >= 15 is 0 Å². The first-order valence-electron chi connectivity index (χ1n) is 7.69. The lowest BCUT2D eigenvalue weighted by atomic mass is 9.81. The predicted octanol–water partition coefficient (Wildman–Crippen LogP) is 3.53. The van der Waals surface area contributed by atoms with E-state index < -0.39 is 0 Å². The highest BCUT2D eigenvalue weighted by Crippen LogP contribution is 2.32. The van der Waals surface area contributed by atoms with Crippen LogP contribution in [0.15, 0.2) is 24.3 Å². The van der Waals surface area contributed by atoms with Gasteiger partial charge in [-0.05, 0) is 43.0 Å². The van der Waals surface area contributed by atoms with E-state index in [1.807, 2.05) is 12.1 Å². The van der Waals surface area contributed by atoms with E-state index in [-0.39, 0.29) is 11.3 Å². The molecule has 1 heterocycles. The van der Waals surface area contributed by atoms with Crippen LogP contribution in [0.1, 0.15) is 51.5 Å². The summed E-state index contributed by atoms with van der Waals surface area (Å²) in [6, 6.07) is 8.19. The number of amides is 1. The lowest BCUT2D eigenvalue weighted by molar-refractivity contribution is -0.125. The SMILES string of the molecule is CCCC1(C(=O)Nc2cccc(C(C)C)c2)CCNC1. The van der Waals surface area contributed by atoms with Crippen molar-refractivity contribution in [3.05, 3.63) is 29.8 Å². The Kier molecular flexibility index (Phi) is 4.81. The van der Waals surface area contributed by atoms with Crippen molar-refractivity contribution in [1.29, 1.82) is 0 Å². The second kappa shape index (κ2) is 6.40. The summed E-state index contributed by atoms with van der Waals surface area (Å²) in [5.41, 5.74) is 1.96. The fourth-order valence-electron chi connectivity index (χ4n) is 2.98. The monoisotopic (exact) mass is 274 g/mol. The molecule has 0 spiro atoms. The average molecular weight is 274 g/mol. The molecule has 1 aromatic carbocycles. The van der Waals surface area contributed by atoms with Crippen molar-refractivity contribution in [3.8, 4) is 0 Å². The first-order chi connectivity index (χ1) is 9.57. The minimum atomic E-state index is -0.220. The summed E-state index contributed by atoms with van der Waals surface area (Å²) in [6.45, 7) is 8.23. The molecule has 20 heavy (non-hydrogen) atoms. The number of carbonyl (C=O) groups excluding carboxylic acids is 1. The van der Waals surface area contributed by atoms with Gasteiger partial charge in [0.25, 0.3) is 0 Å². The summed E-state index contributed by atoms with van der Waals surface area (Å²) < 4.78 is 0. The van der Waals surface area contributed by atoms with E-state index in [2.05, 4.69) is 43.5 Å². The molecule has 1 aliphatic rings. The zero-order chi connectivity index (χ0) is 14.6. The number of rotatable bonds is 5. The summed E-state index contributed by atoms with van der Waals surface area (Å²) in [5.74, 6) is 0.648. The van der Waals surface area contributed by atoms with E-state index in [1.54, 1.807) is 0 Å². The van der Waals surface area contributed by atoms with Gasteiger partial charge in [0, 0.05) is 12.2 Å². The minimum Gasteiger partial charge on any atom is -0.326 e. The van der Waals surface area contributed by atoms with Gasteiger partial charge in [-0.1, -0.05) is 39.3 Å². The number of hydrogen-bond donors (Lipinski definition) is 2. The summed E-state index contributed by atoms with van der Waals surface area (Å²) in [6.07, 6.45) is 2.94. The van der Waals surface area contributed by atoms with Crippen molar-refractivity contribution in [2.75, 3.05) is 18.4 Å². The molecule has 0 radical (unpaired) electrons. The normalized spacial score (nSPS) is 22.2. The molecule has 0 bridgehead atoms. The third kappa shape index (κ3) is 3.21. The molecule has 1 unspecified atom stereocenters. The molecule has 3 nitrogen and oxygen atoms in total. The maximum atomic E-state index is 12.7. The van der Waals surface area contributed by atoms with Gasteiger partial charge < -0.3 is 10.6 Å². The Bertz CT molecular complexity index is 462. The predicted molar refractivity (Wildman–Crippen MR) is 84.0 cm³/mol. The molecule has 1 amide bonds. The molecule has 1 atom stereocenters. The van der Waals surface area contributed by atoms with Crippen molar-refractivity contribution in [2.45, 2.75) is 46.0 Å². The topological polar surface area (TPSA) is 41.1 Å². The molecule has 1 aliphatic heterocycles. The Balaban J connectivity index is 2.12. The molecule has 3 heteroatoms. The lowest BCUT2D eigenvalue weighted by Crippen LogP contribution is -2.38. The number of nitrogens with one attached hydrogen (secondary N) is 2. The van der Waals surface area contributed by atoms with Gasteiger partial charge in [-0.3, -0.25) is 4.79 Å². The van der Waals surface area contributed by atoms with Gasteiger partial charge in [0.2, 0.25) is 5.91 Å². The Morgan fingerprint density at radius 1 is 1.45 bits per heavy atom. The van der Waals surface area contributed by atoms with E-state index in [9.17, 15) is 4.79 Å². The zero-order valence-corrected chi connectivity index (χ0v) is 12.8. The highest BCUT2D eigenvalue weighted by atomic mass is 16.2. The van der Waals surface area contributed by atoms with Gasteiger partial charge in [-0.25, -0.2) is 0 Å². The Morgan fingerprint density at radius 2 is 2.25 bits per heavy atom. The second-order valence-electron chi connectivity index (χ2n) is 6.19. The van der Waals surface area contributed by atoms with Crippen LogP contribution in [0, 0.1) is 5.41 Å². The molecular weight excluding hydrogens is 248 g/mol. The van der Waals surface area contributed by atoms with E-state index in [1.165, 1.54) is 5.56 Å². The van der Waals surface area contributed by atoms with E-state index in [4.69, 9.17) is 0 Å². The summed E-state index contributed by atoms with van der Waals surface area (Å²) in [7, 11) is 0. The average Bonchev–Trinajstić information content (AvgIpc) is 2.89. The molecule has 0 aromatic heterocycles. The standard InChI is InChI=1S/C17H26N2O/c1-4-8-17(9-10-18-12-17)16(20)19-15-7-5-6-14(11-15)13(2)3/h5-7,11,13,18H,4,8-10,12H2,1-3H3,(H,19,20). The lowest BCUT2D eigenvalue weighted by Gasteiger charge is -2.26. The van der Waals surface area contributed by atoms with E-state index in [0.717, 1.165) is 38.0 Å². The highest BCUT2D eigenvalue weighted by Gasteiger charge is 2.40. The maximum absolute atomic E-state index is 12.7. The van der Waals surface area contributed by atoms with Gasteiger partial charge >= 0.3 is 0 Å². The van der Waals surface area contributed by atoms with Gasteiger partial charge in [0.05, 0.1) is 5.41 Å². The minimum absolute atomic E-state index is 0.172. The number of hydrogen-bond acceptors (Lipinski definition) is 2. The third-order valence-electron chi connectivity index (χ3n) is 4.27. The van der Waals surface area contributed by atoms with Crippen LogP contribution in [0.4, 0.5) is 5.69 Å². The fourth-order valence-corrected chi connectivity index (χ4v) is 2.98. The third-order valence-corrected chi connectivity index (χ3v) is 4.27. The Hall–Kier alpha value is -1.35. The molecule has 1 saturated heterocycles. The molecule has 110 valence electrons. The zero-order valence-electron chi connectivity index (χ0n) is 12.8. The first-order valence-corrected chi connectivity index (χ1v) is 7.69. The molecule has 0 aliphatic carbocycles. The van der Waals surface area contributed by atoms with Crippen LogP contribution in [0.2, 0.25) is 0 Å². The van der Waals surface area contributed by atoms with Crippen LogP contribution in [0.5, 0.6) is 0 Å². The van der Waals surface area contributed by atoms with Crippen LogP contribution >= 0.6 is 0 Å². The summed E-state index contributed by atoms with van der Waals surface area (Å²) in [4.78, 5) is 12.7. The molecule has 2 N–H and O–H groups in total. The van der Waals surface area contributed by atoms with Crippen LogP contribution in [0.3, 0.4) is 0 Å². The van der Waals surface area contributed by atoms with Crippen LogP contribution in [-0.2, 0) is 4.79 Å². The number of benzene rings is 1. The van der Waals surface area contributed by atoms with Gasteiger partial charge in [-0.2, -0.15) is 0 Å². The largest absolute Gasteiger partial charge is 0.326 e. The van der Waals surface area contributed by atoms with Gasteiger partial charge in [-0.15, -0.1) is 0 Å². The number of anilines is 1. The van der Waals surface area contributed by atoms with Crippen molar-refractivity contribution in [3.63, 3.8) is 0 Å². The van der Waals surface area contributed by atoms with E-state index in [0.29, 0.717) is 5.92 Å². The maximum Gasteiger partial charge on any atom is 0.231 e. The van der Waals surface area contributed by atoms with Crippen LogP contribution in [-0.4, -0.2) is 19.0 Å². The van der Waals surface area contributed by atoms with Gasteiger partial charge in [0.15, 0.2) is 0 Å². The Morgan fingerprint density at radius 3 is 2.85 bits per heavy atom. The fraction of sp³-hybridized carbons (Fsp3) is 0.588. The number of carbonyl (C=O) groups is 1. The van der Waals surface area contributed by atoms with Gasteiger partial charge in [0.1, 0.15) is 0 Å². The smallest absolute Gasteiger partial charge is 0.231 e. The van der Waals surface area contributed by atoms with Crippen molar-refractivity contribution >= 4 is 11.6 Å². The molecule has 0 saturated carbocycles. The van der Waals surface area contributed by atoms with Crippen molar-refractivity contribution < 1.29 is 4.79 Å². The van der Waals surface area contributed by atoms with Crippen LogP contribution in [0.25, 0.3) is 0 Å². The van der Waals surface area contributed by atoms with Crippen LogP contribution < -0.4 is 10.6 Å². The highest BCUT2D eigenvalue weighted by molar-refractivity contribution is 5.95. The Labute approximate surface area is 122 Å². The molecular formula is C17H26N2O. The first kappa shape index (κ1) is 15.0. The molecule has 1 aromatic rings. The quantitative estimate of drug-likeness (QED) is 0.862. The summed E-state index contributed by atoms with van der Waals surface area (Å²) in [5, 5.41) is 6.46. The molecule has 2 rings (SSSR count).